The molecule has 3 aromatic rings. The maximum absolute atomic E-state index is 10.6. The third-order valence-electron chi connectivity index (χ3n) is 4.14. The Balaban J connectivity index is 1.57. The zero-order valence-electron chi connectivity index (χ0n) is 10.9. The predicted molar refractivity (Wildman–Crippen MR) is 81.9 cm³/mol. The van der Waals surface area contributed by atoms with Gasteiger partial charge in [-0.1, -0.05) is 30.3 Å². The summed E-state index contributed by atoms with van der Waals surface area (Å²) in [6.07, 6.45) is 2.48. The molecule has 1 aliphatic carbocycles. The minimum atomic E-state index is -0.404. The lowest BCUT2D eigenvalue weighted by molar-refractivity contribution is 0.151. The lowest BCUT2D eigenvalue weighted by Gasteiger charge is -2.10. The van der Waals surface area contributed by atoms with Gasteiger partial charge in [0, 0.05) is 11.8 Å². The lowest BCUT2D eigenvalue weighted by Crippen LogP contribution is -2.01. The van der Waals surface area contributed by atoms with Gasteiger partial charge in [-0.3, -0.25) is 4.98 Å². The first kappa shape index (κ1) is 12.1. The van der Waals surface area contributed by atoms with E-state index >= 15 is 0 Å². The van der Waals surface area contributed by atoms with E-state index in [1.54, 1.807) is 11.3 Å². The average Bonchev–Trinajstić information content (AvgIpc) is 3.17. The van der Waals surface area contributed by atoms with Crippen molar-refractivity contribution in [2.75, 3.05) is 0 Å². The number of pyridine rings is 1. The first-order valence-electron chi connectivity index (χ1n) is 6.89. The van der Waals surface area contributed by atoms with E-state index in [4.69, 9.17) is 0 Å². The molecule has 1 saturated carbocycles. The summed E-state index contributed by atoms with van der Waals surface area (Å²) >= 11 is 1.67. The summed E-state index contributed by atoms with van der Waals surface area (Å²) in [6, 6.07) is 14.6. The molecule has 0 bridgehead atoms. The lowest BCUT2D eigenvalue weighted by atomic mass is 10.0. The fourth-order valence-corrected chi connectivity index (χ4v) is 3.71. The first-order valence-corrected chi connectivity index (χ1v) is 7.77. The van der Waals surface area contributed by atoms with E-state index in [0.29, 0.717) is 11.8 Å². The van der Waals surface area contributed by atoms with Gasteiger partial charge in [-0.05, 0) is 41.3 Å². The second kappa shape index (κ2) is 4.69. The SMILES string of the molecule is OC(c1cnc2ccsc2c1)C1CC1c1ccccc1. The number of fused-ring (bicyclic) bond motifs is 1. The fourth-order valence-electron chi connectivity index (χ4n) is 2.92. The van der Waals surface area contributed by atoms with Crippen LogP contribution in [-0.2, 0) is 0 Å². The summed E-state index contributed by atoms with van der Waals surface area (Å²) in [5.41, 5.74) is 3.30. The predicted octanol–water partition coefficient (Wildman–Crippen LogP) is 4.13. The Kier molecular flexibility index (Phi) is 2.83. The van der Waals surface area contributed by atoms with E-state index in [1.807, 2.05) is 23.7 Å². The summed E-state index contributed by atoms with van der Waals surface area (Å²) in [6.45, 7) is 0. The Hall–Kier alpha value is -1.71. The molecule has 1 N–H and O–H groups in total. The van der Waals surface area contributed by atoms with Crippen molar-refractivity contribution in [3.63, 3.8) is 0 Å². The molecule has 1 aromatic carbocycles. The van der Waals surface area contributed by atoms with Gasteiger partial charge in [-0.15, -0.1) is 11.3 Å². The van der Waals surface area contributed by atoms with Gasteiger partial charge in [-0.25, -0.2) is 0 Å². The van der Waals surface area contributed by atoms with E-state index in [0.717, 1.165) is 22.2 Å². The summed E-state index contributed by atoms with van der Waals surface area (Å²) < 4.78 is 1.15. The van der Waals surface area contributed by atoms with Crippen molar-refractivity contribution in [1.82, 2.24) is 4.98 Å². The van der Waals surface area contributed by atoms with Crippen LogP contribution in [0.5, 0.6) is 0 Å². The number of benzene rings is 1. The fraction of sp³-hybridized carbons (Fsp3) is 0.235. The zero-order chi connectivity index (χ0) is 13.5. The molecule has 0 amide bonds. The molecule has 2 nitrogen and oxygen atoms in total. The summed E-state index contributed by atoms with van der Waals surface area (Å²) in [5, 5.41) is 12.6. The largest absolute Gasteiger partial charge is 0.388 e. The number of aromatic nitrogens is 1. The maximum Gasteiger partial charge on any atom is 0.0839 e. The highest BCUT2D eigenvalue weighted by Gasteiger charge is 2.43. The number of hydrogen-bond donors (Lipinski definition) is 1. The molecule has 2 heterocycles. The van der Waals surface area contributed by atoms with Gasteiger partial charge in [0.2, 0.25) is 0 Å². The molecule has 20 heavy (non-hydrogen) atoms. The molecule has 2 aromatic heterocycles. The van der Waals surface area contributed by atoms with Crippen molar-refractivity contribution in [2.45, 2.75) is 18.4 Å². The topological polar surface area (TPSA) is 33.1 Å². The van der Waals surface area contributed by atoms with Crippen molar-refractivity contribution in [1.29, 1.82) is 0 Å². The van der Waals surface area contributed by atoms with Crippen molar-refractivity contribution in [3.8, 4) is 0 Å². The monoisotopic (exact) mass is 281 g/mol. The van der Waals surface area contributed by atoms with Gasteiger partial charge < -0.3 is 5.11 Å². The van der Waals surface area contributed by atoms with Crippen LogP contribution in [0.15, 0.2) is 54.0 Å². The molecule has 0 radical (unpaired) electrons. The van der Waals surface area contributed by atoms with E-state index in [1.165, 1.54) is 5.56 Å². The van der Waals surface area contributed by atoms with Crippen molar-refractivity contribution >= 4 is 21.6 Å². The van der Waals surface area contributed by atoms with Crippen LogP contribution < -0.4 is 0 Å². The number of nitrogens with zero attached hydrogens (tertiary/aromatic N) is 1. The van der Waals surface area contributed by atoms with Crippen molar-refractivity contribution in [3.05, 3.63) is 65.2 Å². The molecular weight excluding hydrogens is 266 g/mol. The average molecular weight is 281 g/mol. The van der Waals surface area contributed by atoms with Crippen LogP contribution in [0.2, 0.25) is 0 Å². The Labute approximate surface area is 121 Å². The minimum absolute atomic E-state index is 0.330. The molecule has 0 spiro atoms. The van der Waals surface area contributed by atoms with E-state index in [9.17, 15) is 5.11 Å². The summed E-state index contributed by atoms with van der Waals surface area (Å²) in [4.78, 5) is 4.42. The quantitative estimate of drug-likeness (QED) is 0.783. The number of aliphatic hydroxyl groups excluding tert-OH is 1. The smallest absolute Gasteiger partial charge is 0.0839 e. The highest BCUT2D eigenvalue weighted by molar-refractivity contribution is 7.17. The van der Waals surface area contributed by atoms with Gasteiger partial charge in [-0.2, -0.15) is 0 Å². The Morgan fingerprint density at radius 3 is 2.90 bits per heavy atom. The molecular formula is C17H15NOS. The molecule has 3 unspecified atom stereocenters. The van der Waals surface area contributed by atoms with Crippen LogP contribution in [0.25, 0.3) is 10.2 Å². The van der Waals surface area contributed by atoms with Crippen LogP contribution in [0, 0.1) is 5.92 Å². The van der Waals surface area contributed by atoms with Gasteiger partial charge >= 0.3 is 0 Å². The van der Waals surface area contributed by atoms with E-state index in [-0.39, 0.29) is 0 Å². The standard InChI is InChI=1S/C17H15NOS/c19-17(12-8-16-15(18-10-12)6-7-20-16)14-9-13(14)11-4-2-1-3-5-11/h1-8,10,13-14,17,19H,9H2. The molecule has 1 aliphatic rings. The van der Waals surface area contributed by atoms with Gasteiger partial charge in [0.1, 0.15) is 0 Å². The number of hydrogen-bond acceptors (Lipinski definition) is 3. The van der Waals surface area contributed by atoms with Crippen molar-refractivity contribution in [2.24, 2.45) is 5.92 Å². The first-order chi connectivity index (χ1) is 9.83. The Morgan fingerprint density at radius 1 is 1.20 bits per heavy atom. The third kappa shape index (κ3) is 2.03. The van der Waals surface area contributed by atoms with Crippen LogP contribution in [0.1, 0.15) is 29.6 Å². The summed E-state index contributed by atoms with van der Waals surface area (Å²) in [5.74, 6) is 0.821. The molecule has 0 saturated heterocycles. The highest BCUT2D eigenvalue weighted by Crippen LogP contribution is 2.54. The minimum Gasteiger partial charge on any atom is -0.388 e. The third-order valence-corrected chi connectivity index (χ3v) is 4.99. The van der Waals surface area contributed by atoms with Crippen LogP contribution >= 0.6 is 11.3 Å². The van der Waals surface area contributed by atoms with Gasteiger partial charge in [0.05, 0.1) is 16.3 Å². The molecule has 100 valence electrons. The van der Waals surface area contributed by atoms with Crippen molar-refractivity contribution < 1.29 is 5.11 Å². The maximum atomic E-state index is 10.6. The summed E-state index contributed by atoms with van der Waals surface area (Å²) in [7, 11) is 0. The molecule has 3 atom stereocenters. The van der Waals surface area contributed by atoms with Gasteiger partial charge in [0.15, 0.2) is 0 Å². The van der Waals surface area contributed by atoms with E-state index < -0.39 is 6.10 Å². The van der Waals surface area contributed by atoms with Crippen LogP contribution in [-0.4, -0.2) is 10.1 Å². The normalized spacial score (nSPS) is 22.9. The zero-order valence-corrected chi connectivity index (χ0v) is 11.8. The number of rotatable bonds is 3. The van der Waals surface area contributed by atoms with Gasteiger partial charge in [0.25, 0.3) is 0 Å². The second-order valence-electron chi connectivity index (χ2n) is 5.43. The van der Waals surface area contributed by atoms with Crippen LogP contribution in [0.4, 0.5) is 0 Å². The highest BCUT2D eigenvalue weighted by atomic mass is 32.1. The molecule has 3 heteroatoms. The molecule has 4 rings (SSSR count). The second-order valence-corrected chi connectivity index (χ2v) is 6.38. The number of thiophene rings is 1. The molecule has 0 aliphatic heterocycles. The number of aliphatic hydroxyl groups is 1. The Bertz CT molecular complexity index is 737. The Morgan fingerprint density at radius 2 is 2.05 bits per heavy atom. The molecule has 1 fully saturated rings. The van der Waals surface area contributed by atoms with E-state index in [2.05, 4.69) is 35.3 Å². The van der Waals surface area contributed by atoms with Crippen LogP contribution in [0.3, 0.4) is 0 Å².